The van der Waals surface area contributed by atoms with Gasteiger partial charge in [0.05, 0.1) is 34.4 Å². The van der Waals surface area contributed by atoms with Crippen molar-refractivity contribution in [1.29, 1.82) is 0 Å². The van der Waals surface area contributed by atoms with Crippen LogP contribution in [0.5, 0.6) is 0 Å². The lowest BCUT2D eigenvalue weighted by Crippen LogP contribution is -2.50. The van der Waals surface area contributed by atoms with E-state index < -0.39 is 18.1 Å². The summed E-state index contributed by atoms with van der Waals surface area (Å²) < 4.78 is 17.4. The highest BCUT2D eigenvalue weighted by Crippen LogP contribution is 2.18. The van der Waals surface area contributed by atoms with Crippen molar-refractivity contribution in [3.05, 3.63) is 0 Å². The number of rotatable bonds is 55. The van der Waals surface area contributed by atoms with E-state index in [4.69, 9.17) is 14.2 Å². The first-order chi connectivity index (χ1) is 32.6. The van der Waals surface area contributed by atoms with Crippen molar-refractivity contribution in [2.24, 2.45) is 0 Å². The number of likely N-dealkylation sites (N-methyl/N-ethyl adjacent to an activating group) is 1. The summed E-state index contributed by atoms with van der Waals surface area (Å²) in [4.78, 5) is 37.3. The number of carboxylic acid groups (broad SMARTS) is 1. The number of quaternary nitrogens is 1. The predicted octanol–water partition coefficient (Wildman–Crippen LogP) is 17.6. The van der Waals surface area contributed by atoms with Crippen molar-refractivity contribution in [3.63, 3.8) is 0 Å². The van der Waals surface area contributed by atoms with Gasteiger partial charge in [-0.15, -0.1) is 0 Å². The van der Waals surface area contributed by atoms with Crippen LogP contribution in [0.3, 0.4) is 0 Å². The SMILES string of the molecule is CCCCCCCCCCCCCCCCCCCCCCCCCC(=O)OCC(COCCC(C(=O)O)[N+](C)(C)C)OC(=O)CCCCCCCCCCCCCCCCCCCCCC. The molecular weight excluding hydrogens is 835 g/mol. The third kappa shape index (κ3) is 49.1. The number of hydrogen-bond donors (Lipinski definition) is 1. The van der Waals surface area contributed by atoms with E-state index in [0.29, 0.717) is 19.3 Å². The second kappa shape index (κ2) is 50.7. The van der Waals surface area contributed by atoms with E-state index in [2.05, 4.69) is 13.8 Å². The molecule has 0 rings (SSSR count). The molecule has 2 unspecified atom stereocenters. The summed E-state index contributed by atoms with van der Waals surface area (Å²) in [5.74, 6) is -1.43. The summed E-state index contributed by atoms with van der Waals surface area (Å²) in [7, 11) is 5.56. The van der Waals surface area contributed by atoms with Gasteiger partial charge in [-0.05, 0) is 12.8 Å². The van der Waals surface area contributed by atoms with Gasteiger partial charge in [0.15, 0.2) is 12.1 Å². The number of carbonyl (C=O) groups is 3. The minimum atomic E-state index is -0.867. The van der Waals surface area contributed by atoms with E-state index in [1.54, 1.807) is 0 Å². The predicted molar refractivity (Wildman–Crippen MR) is 285 cm³/mol. The van der Waals surface area contributed by atoms with Gasteiger partial charge in [-0.1, -0.05) is 277 Å². The van der Waals surface area contributed by atoms with Gasteiger partial charge in [0.1, 0.15) is 6.61 Å². The van der Waals surface area contributed by atoms with Crippen molar-refractivity contribution in [3.8, 4) is 0 Å². The highest BCUT2D eigenvalue weighted by molar-refractivity contribution is 5.72. The Bertz CT molecular complexity index is 1060. The molecule has 2 atom stereocenters. The van der Waals surface area contributed by atoms with Crippen LogP contribution < -0.4 is 0 Å². The van der Waals surface area contributed by atoms with Gasteiger partial charge in [-0.3, -0.25) is 9.59 Å². The number of ether oxygens (including phenoxy) is 3. The van der Waals surface area contributed by atoms with E-state index in [0.717, 1.165) is 38.5 Å². The number of esters is 2. The molecule has 0 spiro atoms. The third-order valence-electron chi connectivity index (χ3n) is 14.0. The van der Waals surface area contributed by atoms with Crippen LogP contribution in [0.1, 0.15) is 309 Å². The average Bonchev–Trinajstić information content (AvgIpc) is 3.29. The maximum atomic E-state index is 12.8. The molecule has 8 nitrogen and oxygen atoms in total. The Kier molecular flexibility index (Phi) is 49.4. The number of nitrogens with zero attached hydrogens (tertiary/aromatic N) is 1. The summed E-state index contributed by atoms with van der Waals surface area (Å²) >= 11 is 0. The molecule has 0 aromatic carbocycles. The quantitative estimate of drug-likeness (QED) is 0.0368. The van der Waals surface area contributed by atoms with Gasteiger partial charge in [-0.25, -0.2) is 4.79 Å². The largest absolute Gasteiger partial charge is 0.477 e. The van der Waals surface area contributed by atoms with E-state index >= 15 is 0 Å². The Morgan fingerprint density at radius 1 is 0.388 bits per heavy atom. The molecule has 0 saturated carbocycles. The zero-order valence-electron chi connectivity index (χ0n) is 45.6. The first-order valence-corrected chi connectivity index (χ1v) is 29.6. The third-order valence-corrected chi connectivity index (χ3v) is 14.0. The monoisotopic (exact) mass is 951 g/mol. The maximum absolute atomic E-state index is 12.8. The van der Waals surface area contributed by atoms with E-state index in [9.17, 15) is 19.5 Å². The van der Waals surface area contributed by atoms with Gasteiger partial charge in [-0.2, -0.15) is 0 Å². The van der Waals surface area contributed by atoms with Gasteiger partial charge in [0.25, 0.3) is 0 Å². The lowest BCUT2D eigenvalue weighted by atomic mass is 10.0. The van der Waals surface area contributed by atoms with Gasteiger partial charge >= 0.3 is 17.9 Å². The molecule has 0 heterocycles. The van der Waals surface area contributed by atoms with Crippen LogP contribution in [-0.4, -0.2) is 80.6 Å². The van der Waals surface area contributed by atoms with E-state index in [-0.39, 0.29) is 36.2 Å². The molecule has 0 saturated heterocycles. The molecule has 398 valence electrons. The van der Waals surface area contributed by atoms with Crippen LogP contribution in [0.15, 0.2) is 0 Å². The second-order valence-corrected chi connectivity index (χ2v) is 21.6. The molecule has 0 radical (unpaired) electrons. The van der Waals surface area contributed by atoms with Crippen molar-refractivity contribution in [1.82, 2.24) is 0 Å². The van der Waals surface area contributed by atoms with Crippen molar-refractivity contribution in [2.45, 2.75) is 321 Å². The van der Waals surface area contributed by atoms with Crippen molar-refractivity contribution in [2.75, 3.05) is 41.0 Å². The molecule has 0 aliphatic rings. The number of hydrogen-bond acceptors (Lipinski definition) is 6. The van der Waals surface area contributed by atoms with Gasteiger partial charge in [0, 0.05) is 19.3 Å². The highest BCUT2D eigenvalue weighted by Gasteiger charge is 2.31. The summed E-state index contributed by atoms with van der Waals surface area (Å²) in [5.41, 5.74) is 0. The normalized spacial score (nSPS) is 12.7. The molecule has 0 aromatic heterocycles. The summed E-state index contributed by atoms with van der Waals surface area (Å²) in [5, 5.41) is 9.68. The van der Waals surface area contributed by atoms with Crippen LogP contribution in [0.25, 0.3) is 0 Å². The van der Waals surface area contributed by atoms with Crippen LogP contribution in [0.2, 0.25) is 0 Å². The summed E-state index contributed by atoms with van der Waals surface area (Å²) in [6.45, 7) is 4.82. The standard InChI is InChI=1S/C59H115NO7/c1-6-8-10-12-14-16-18-20-22-24-26-28-29-30-32-33-35-37-39-41-43-45-47-49-57(61)66-54-55(53-65-52-51-56(59(63)64)60(3,4)5)67-58(62)50-48-46-44-42-40-38-36-34-31-27-25-23-21-19-17-15-13-11-9-7-2/h55-56H,6-54H2,1-5H3/p+1. The number of carboxylic acids is 1. The topological polar surface area (TPSA) is 99.1 Å². The first kappa shape index (κ1) is 65.3. The molecule has 0 aliphatic carbocycles. The molecule has 0 aromatic rings. The van der Waals surface area contributed by atoms with Gasteiger partial charge in [0.2, 0.25) is 0 Å². The van der Waals surface area contributed by atoms with Crippen LogP contribution in [-0.2, 0) is 28.6 Å². The van der Waals surface area contributed by atoms with E-state index in [1.807, 2.05) is 21.1 Å². The Hall–Kier alpha value is -1.67. The Labute approximate surface area is 416 Å². The minimum absolute atomic E-state index is 0.0408. The molecular formula is C59H116NO7+. The fourth-order valence-electron chi connectivity index (χ4n) is 9.45. The molecule has 1 N–H and O–H groups in total. The average molecular weight is 952 g/mol. The lowest BCUT2D eigenvalue weighted by molar-refractivity contribution is -0.887. The summed E-state index contributed by atoms with van der Waals surface area (Å²) in [6, 6.07) is -0.610. The molecule has 0 amide bonds. The Balaban J connectivity index is 4.08. The second-order valence-electron chi connectivity index (χ2n) is 21.6. The van der Waals surface area contributed by atoms with Crippen LogP contribution in [0.4, 0.5) is 0 Å². The Morgan fingerprint density at radius 3 is 0.925 bits per heavy atom. The van der Waals surface area contributed by atoms with Crippen molar-refractivity contribution >= 4 is 17.9 Å². The zero-order valence-corrected chi connectivity index (χ0v) is 45.6. The Morgan fingerprint density at radius 2 is 0.657 bits per heavy atom. The lowest BCUT2D eigenvalue weighted by Gasteiger charge is -2.31. The van der Waals surface area contributed by atoms with E-state index in [1.165, 1.54) is 238 Å². The molecule has 0 bridgehead atoms. The number of aliphatic carboxylic acids is 1. The number of unbranched alkanes of at least 4 members (excludes halogenated alkanes) is 41. The smallest absolute Gasteiger partial charge is 0.362 e. The first-order valence-electron chi connectivity index (χ1n) is 29.6. The maximum Gasteiger partial charge on any atom is 0.362 e. The van der Waals surface area contributed by atoms with Gasteiger partial charge < -0.3 is 23.8 Å². The molecule has 67 heavy (non-hydrogen) atoms. The molecule has 8 heteroatoms. The van der Waals surface area contributed by atoms with Crippen LogP contribution >= 0.6 is 0 Å². The summed E-state index contributed by atoms with van der Waals surface area (Å²) in [6.07, 6.45) is 57.4. The fraction of sp³-hybridized carbons (Fsp3) is 0.949. The van der Waals surface area contributed by atoms with Crippen molar-refractivity contribution < 1.29 is 38.2 Å². The zero-order chi connectivity index (χ0) is 49.2. The minimum Gasteiger partial charge on any atom is -0.477 e. The highest BCUT2D eigenvalue weighted by atomic mass is 16.6. The van der Waals surface area contributed by atoms with Crippen LogP contribution in [0, 0.1) is 0 Å². The fourth-order valence-corrected chi connectivity index (χ4v) is 9.45. The number of carbonyl (C=O) groups excluding carboxylic acids is 2. The molecule has 0 aliphatic heterocycles. The molecule has 0 fully saturated rings.